The van der Waals surface area contributed by atoms with Gasteiger partial charge in [0, 0.05) is 0 Å². The van der Waals surface area contributed by atoms with Gasteiger partial charge in [0.25, 0.3) is 0 Å². The van der Waals surface area contributed by atoms with Gasteiger partial charge in [-0.05, 0) is 60.9 Å². The number of alkyl halides is 1. The molecule has 0 fully saturated rings. The Bertz CT molecular complexity index is 1010. The molecule has 0 bridgehead atoms. The largest absolute Gasteiger partial charge is 0.489 e. The molecule has 0 spiro atoms. The molecule has 0 saturated carbocycles. The third kappa shape index (κ3) is 7.11. The Kier molecular flexibility index (Phi) is 8.37. The minimum absolute atomic E-state index is 0.184. The lowest BCUT2D eigenvalue weighted by molar-refractivity contribution is 0.292. The topological polar surface area (TPSA) is 52.6 Å². The highest BCUT2D eigenvalue weighted by atomic mass is 35.5. The van der Waals surface area contributed by atoms with E-state index in [1.807, 2.05) is 6.92 Å². The zero-order chi connectivity index (χ0) is 22.3. The van der Waals surface area contributed by atoms with E-state index >= 15 is 0 Å². The van der Waals surface area contributed by atoms with Crippen molar-refractivity contribution in [3.05, 3.63) is 77.4 Å². The van der Waals surface area contributed by atoms with Gasteiger partial charge in [0.15, 0.2) is 0 Å². The molecule has 30 heavy (non-hydrogen) atoms. The highest BCUT2D eigenvalue weighted by Crippen LogP contribution is 2.26. The van der Waals surface area contributed by atoms with Crippen LogP contribution in [0.4, 0.5) is 12.7 Å². The van der Waals surface area contributed by atoms with Gasteiger partial charge in [-0.2, -0.15) is 8.42 Å². The van der Waals surface area contributed by atoms with Gasteiger partial charge in [-0.3, -0.25) is 0 Å². The Morgan fingerprint density at radius 1 is 1.13 bits per heavy atom. The molecule has 0 aliphatic carbocycles. The molecule has 2 rings (SSSR count). The van der Waals surface area contributed by atoms with Crippen LogP contribution in [0.5, 0.6) is 11.5 Å². The SMILES string of the molecule is C/C=C\C(=C/C(Cl)CC)c1cc(F)c(COc2ccc(OS(=O)(=O)F)cc2)c(F)c1. The monoisotopic (exact) mass is 460 g/mol. The fraction of sp³-hybridized carbons (Fsp3) is 0.238. The van der Waals surface area contributed by atoms with Gasteiger partial charge in [-0.15, -0.1) is 11.6 Å². The first-order valence-electron chi connectivity index (χ1n) is 8.96. The zero-order valence-corrected chi connectivity index (χ0v) is 17.8. The van der Waals surface area contributed by atoms with Crippen LogP contribution in [-0.2, 0) is 17.1 Å². The van der Waals surface area contributed by atoms with Gasteiger partial charge in [0.1, 0.15) is 29.7 Å². The minimum atomic E-state index is -5.14. The average Bonchev–Trinajstić information content (AvgIpc) is 2.66. The Labute approximate surface area is 179 Å². The van der Waals surface area contributed by atoms with Gasteiger partial charge < -0.3 is 8.92 Å². The number of allylic oxidation sites excluding steroid dienone is 4. The molecule has 0 aromatic heterocycles. The second kappa shape index (κ2) is 10.5. The van der Waals surface area contributed by atoms with Crippen LogP contribution in [0.2, 0.25) is 0 Å². The van der Waals surface area contributed by atoms with Crippen molar-refractivity contribution in [2.45, 2.75) is 32.3 Å². The predicted octanol–water partition coefficient (Wildman–Crippen LogP) is 6.11. The molecule has 0 saturated heterocycles. The van der Waals surface area contributed by atoms with Crippen LogP contribution >= 0.6 is 11.6 Å². The molecule has 1 atom stereocenters. The number of rotatable bonds is 9. The molecule has 0 N–H and O–H groups in total. The Morgan fingerprint density at radius 2 is 1.70 bits per heavy atom. The summed E-state index contributed by atoms with van der Waals surface area (Å²) in [7, 11) is -5.14. The third-order valence-electron chi connectivity index (χ3n) is 3.97. The van der Waals surface area contributed by atoms with E-state index in [0.29, 0.717) is 17.6 Å². The molecule has 162 valence electrons. The maximum absolute atomic E-state index is 14.6. The third-order valence-corrected chi connectivity index (χ3v) is 4.80. The average molecular weight is 461 g/mol. The molecule has 0 heterocycles. The van der Waals surface area contributed by atoms with Gasteiger partial charge in [0.05, 0.1) is 10.9 Å². The summed E-state index contributed by atoms with van der Waals surface area (Å²) in [6.07, 6.45) is 5.86. The first-order chi connectivity index (χ1) is 14.1. The molecular formula is C21H20ClF3O4S. The second-order valence-electron chi connectivity index (χ2n) is 6.20. The maximum atomic E-state index is 14.6. The number of halogens is 4. The number of benzene rings is 2. The van der Waals surface area contributed by atoms with Crippen molar-refractivity contribution in [3.8, 4) is 11.5 Å². The summed E-state index contributed by atoms with van der Waals surface area (Å²) in [5.41, 5.74) is 0.672. The lowest BCUT2D eigenvalue weighted by atomic mass is 10.0. The maximum Gasteiger partial charge on any atom is 0.488 e. The highest BCUT2D eigenvalue weighted by Gasteiger charge is 2.15. The molecule has 9 heteroatoms. The molecule has 4 nitrogen and oxygen atoms in total. The number of hydrogen-bond donors (Lipinski definition) is 0. The molecule has 0 aliphatic rings. The molecule has 0 radical (unpaired) electrons. The Hall–Kier alpha value is -2.45. The smallest absolute Gasteiger partial charge is 0.488 e. The van der Waals surface area contributed by atoms with Crippen molar-refractivity contribution < 1.29 is 30.0 Å². The van der Waals surface area contributed by atoms with E-state index in [1.165, 1.54) is 24.3 Å². The quantitative estimate of drug-likeness (QED) is 0.257. The fourth-order valence-corrected chi connectivity index (χ4v) is 2.99. The molecule has 0 amide bonds. The molecule has 2 aromatic rings. The van der Waals surface area contributed by atoms with E-state index in [2.05, 4.69) is 4.18 Å². The minimum Gasteiger partial charge on any atom is -0.489 e. The number of hydrogen-bond acceptors (Lipinski definition) is 4. The number of ether oxygens (including phenoxy) is 1. The van der Waals surface area contributed by atoms with E-state index in [1.54, 1.807) is 25.2 Å². The Morgan fingerprint density at radius 3 is 2.20 bits per heavy atom. The van der Waals surface area contributed by atoms with Gasteiger partial charge in [0.2, 0.25) is 0 Å². The van der Waals surface area contributed by atoms with Crippen LogP contribution < -0.4 is 8.92 Å². The van der Waals surface area contributed by atoms with Crippen LogP contribution in [-0.4, -0.2) is 13.8 Å². The van der Waals surface area contributed by atoms with E-state index < -0.39 is 28.7 Å². The molecule has 0 aliphatic heterocycles. The summed E-state index contributed by atoms with van der Waals surface area (Å²) in [5, 5.41) is -0.273. The van der Waals surface area contributed by atoms with Crippen molar-refractivity contribution in [2.75, 3.05) is 0 Å². The van der Waals surface area contributed by atoms with E-state index in [0.717, 1.165) is 12.1 Å². The van der Waals surface area contributed by atoms with Crippen molar-refractivity contribution in [3.63, 3.8) is 0 Å². The normalized spacial score (nSPS) is 13.5. The van der Waals surface area contributed by atoms with Gasteiger partial charge in [-0.25, -0.2) is 8.78 Å². The lowest BCUT2D eigenvalue weighted by Crippen LogP contribution is -2.04. The Balaban J connectivity index is 2.19. The van der Waals surface area contributed by atoms with Crippen molar-refractivity contribution in [1.29, 1.82) is 0 Å². The fourth-order valence-electron chi connectivity index (χ4n) is 2.51. The summed E-state index contributed by atoms with van der Waals surface area (Å²) < 4.78 is 71.9. The van der Waals surface area contributed by atoms with Crippen LogP contribution in [0.25, 0.3) is 5.57 Å². The van der Waals surface area contributed by atoms with Gasteiger partial charge >= 0.3 is 10.5 Å². The summed E-state index contributed by atoms with van der Waals surface area (Å²) in [5.74, 6) is -1.65. The van der Waals surface area contributed by atoms with Crippen LogP contribution in [0, 0.1) is 11.6 Å². The van der Waals surface area contributed by atoms with Crippen molar-refractivity contribution in [2.24, 2.45) is 0 Å². The summed E-state index contributed by atoms with van der Waals surface area (Å²) in [6.45, 7) is 3.28. The van der Waals surface area contributed by atoms with Gasteiger partial charge in [-0.1, -0.05) is 29.0 Å². The van der Waals surface area contributed by atoms with Crippen molar-refractivity contribution >= 4 is 27.7 Å². The molecule has 2 aromatic carbocycles. The van der Waals surface area contributed by atoms with Crippen molar-refractivity contribution in [1.82, 2.24) is 0 Å². The van der Waals surface area contributed by atoms with E-state index in [4.69, 9.17) is 16.3 Å². The predicted molar refractivity (Wildman–Crippen MR) is 111 cm³/mol. The van der Waals surface area contributed by atoms with E-state index in [-0.39, 0.29) is 22.4 Å². The molecular weight excluding hydrogens is 441 g/mol. The van der Waals surface area contributed by atoms with Crippen LogP contribution in [0.15, 0.2) is 54.6 Å². The van der Waals surface area contributed by atoms with E-state index in [9.17, 15) is 21.1 Å². The molecule has 1 unspecified atom stereocenters. The first kappa shape index (κ1) is 23.8. The zero-order valence-electron chi connectivity index (χ0n) is 16.2. The first-order valence-corrected chi connectivity index (χ1v) is 10.7. The van der Waals surface area contributed by atoms with Crippen LogP contribution in [0.3, 0.4) is 0 Å². The summed E-state index contributed by atoms with van der Waals surface area (Å²) in [6, 6.07) is 7.26. The second-order valence-corrected chi connectivity index (χ2v) is 7.71. The summed E-state index contributed by atoms with van der Waals surface area (Å²) >= 11 is 6.14. The van der Waals surface area contributed by atoms with Crippen LogP contribution in [0.1, 0.15) is 31.4 Å². The highest BCUT2D eigenvalue weighted by molar-refractivity contribution is 7.81. The summed E-state index contributed by atoms with van der Waals surface area (Å²) in [4.78, 5) is 0. The standard InChI is InChI=1S/C21H20ClF3O4S/c1-3-5-14(10-16(22)4-2)15-11-20(23)19(21(24)12-15)13-28-17-6-8-18(9-7-17)29-30(25,26)27/h3,5-12,16H,4,13H2,1-2H3/b5-3-,14-10+. The lowest BCUT2D eigenvalue weighted by Gasteiger charge is -2.12.